The Balaban J connectivity index is 2.25. The molecule has 0 N–H and O–H groups in total. The normalized spacial score (nSPS) is 11.8. The van der Waals surface area contributed by atoms with Crippen LogP contribution in [-0.2, 0) is 0 Å². The molecule has 0 bridgehead atoms. The third-order valence-electron chi connectivity index (χ3n) is 4.98. The summed E-state index contributed by atoms with van der Waals surface area (Å²) in [5, 5.41) is 9.84. The quantitative estimate of drug-likeness (QED) is 0.305. The van der Waals surface area contributed by atoms with Crippen molar-refractivity contribution in [1.29, 1.82) is 0 Å². The first-order valence-corrected chi connectivity index (χ1v) is 8.03. The van der Waals surface area contributed by atoms with Crippen LogP contribution >= 0.6 is 0 Å². The van der Waals surface area contributed by atoms with Crippen molar-refractivity contribution in [3.63, 3.8) is 0 Å². The minimum absolute atomic E-state index is 0.772. The minimum Gasteiger partial charge on any atom is -0.493 e. The maximum absolute atomic E-state index is 5.78. The van der Waals surface area contributed by atoms with Gasteiger partial charge in [0.25, 0.3) is 0 Å². The van der Waals surface area contributed by atoms with Crippen molar-refractivity contribution >= 4 is 43.1 Å². The number of hydrogen-bond acceptors (Lipinski definition) is 2. The van der Waals surface area contributed by atoms with Crippen LogP contribution in [0, 0.1) is 0 Å². The summed E-state index contributed by atoms with van der Waals surface area (Å²) in [5.41, 5.74) is 0. The molecule has 2 heteroatoms. The summed E-state index contributed by atoms with van der Waals surface area (Å²) in [6.45, 7) is 0. The lowest BCUT2D eigenvalue weighted by Gasteiger charge is -2.18. The number of benzene rings is 5. The Kier molecular flexibility index (Phi) is 2.66. The monoisotopic (exact) mass is 312 g/mol. The van der Waals surface area contributed by atoms with Gasteiger partial charge in [-0.05, 0) is 38.4 Å². The van der Waals surface area contributed by atoms with E-state index in [1.54, 1.807) is 14.2 Å². The molecule has 0 amide bonds. The zero-order chi connectivity index (χ0) is 16.3. The van der Waals surface area contributed by atoms with E-state index in [2.05, 4.69) is 60.7 Å². The molecule has 0 unspecified atom stereocenters. The highest BCUT2D eigenvalue weighted by Gasteiger charge is 2.19. The molecule has 0 atom stereocenters. The van der Waals surface area contributed by atoms with Crippen LogP contribution in [-0.4, -0.2) is 14.2 Å². The van der Waals surface area contributed by atoms with Crippen LogP contribution < -0.4 is 9.47 Å². The Bertz CT molecular complexity index is 1220. The van der Waals surface area contributed by atoms with Gasteiger partial charge in [-0.2, -0.15) is 0 Å². The molecular weight excluding hydrogens is 296 g/mol. The molecule has 0 radical (unpaired) electrons. The van der Waals surface area contributed by atoms with E-state index in [-0.39, 0.29) is 0 Å². The second-order valence-corrected chi connectivity index (χ2v) is 6.10. The van der Waals surface area contributed by atoms with Crippen molar-refractivity contribution in [2.24, 2.45) is 0 Å². The van der Waals surface area contributed by atoms with Gasteiger partial charge < -0.3 is 9.47 Å². The van der Waals surface area contributed by atoms with E-state index < -0.39 is 0 Å². The number of methoxy groups -OCH3 is 2. The average Bonchev–Trinajstić information content (AvgIpc) is 2.65. The Morgan fingerprint density at radius 1 is 0.583 bits per heavy atom. The summed E-state index contributed by atoms with van der Waals surface area (Å²) in [4.78, 5) is 0. The fraction of sp³-hybridized carbons (Fsp3) is 0.0909. The molecule has 0 aliphatic rings. The molecular formula is C22H16O2. The minimum atomic E-state index is 0.772. The Morgan fingerprint density at radius 2 is 1.29 bits per heavy atom. The summed E-state index contributed by atoms with van der Waals surface area (Å²) in [7, 11) is 3.40. The Labute approximate surface area is 139 Å². The van der Waals surface area contributed by atoms with Crippen molar-refractivity contribution in [1.82, 2.24) is 0 Å². The number of ether oxygens (including phenoxy) is 2. The van der Waals surface area contributed by atoms with E-state index in [1.165, 1.54) is 37.7 Å². The fourth-order valence-corrected chi connectivity index (χ4v) is 4.00. The number of fused-ring (bicyclic) bond motifs is 3. The third-order valence-corrected chi connectivity index (χ3v) is 4.98. The van der Waals surface area contributed by atoms with Gasteiger partial charge in [-0.15, -0.1) is 0 Å². The van der Waals surface area contributed by atoms with Crippen molar-refractivity contribution in [3.05, 3.63) is 60.7 Å². The molecule has 0 aromatic heterocycles. The van der Waals surface area contributed by atoms with E-state index in [1.807, 2.05) is 0 Å². The Hall–Kier alpha value is -3.00. The number of rotatable bonds is 2. The second-order valence-electron chi connectivity index (χ2n) is 6.10. The molecule has 0 saturated heterocycles. The van der Waals surface area contributed by atoms with E-state index in [0.717, 1.165) is 16.9 Å². The van der Waals surface area contributed by atoms with Crippen LogP contribution in [0.15, 0.2) is 60.7 Å². The standard InChI is InChI=1S/C22H16O2/c1-23-18-12-14-11-10-13-6-5-9-16-15-7-3-4-8-17(15)21(22(18)24-2)20(14)19(13)16/h3-12H,1-2H3. The largest absolute Gasteiger partial charge is 0.493 e. The zero-order valence-electron chi connectivity index (χ0n) is 13.6. The first-order chi connectivity index (χ1) is 11.8. The van der Waals surface area contributed by atoms with Gasteiger partial charge in [0.15, 0.2) is 11.5 Å². The smallest absolute Gasteiger partial charge is 0.169 e. The molecule has 116 valence electrons. The van der Waals surface area contributed by atoms with Crippen LogP contribution in [0.5, 0.6) is 11.5 Å². The second kappa shape index (κ2) is 4.75. The Morgan fingerprint density at radius 3 is 2.08 bits per heavy atom. The molecule has 0 spiro atoms. The number of hydrogen-bond donors (Lipinski definition) is 0. The van der Waals surface area contributed by atoms with Crippen LogP contribution in [0.2, 0.25) is 0 Å². The highest BCUT2D eigenvalue weighted by Crippen LogP contribution is 2.47. The first kappa shape index (κ1) is 13.4. The lowest BCUT2D eigenvalue weighted by atomic mass is 9.89. The molecule has 2 nitrogen and oxygen atoms in total. The van der Waals surface area contributed by atoms with E-state index in [0.29, 0.717) is 0 Å². The summed E-state index contributed by atoms with van der Waals surface area (Å²) < 4.78 is 11.4. The molecule has 24 heavy (non-hydrogen) atoms. The summed E-state index contributed by atoms with van der Waals surface area (Å²) in [6, 6.07) is 21.5. The predicted octanol–water partition coefficient (Wildman–Crippen LogP) is 5.75. The van der Waals surface area contributed by atoms with Crippen LogP contribution in [0.25, 0.3) is 43.1 Å². The average molecular weight is 312 g/mol. The van der Waals surface area contributed by atoms with Gasteiger partial charge in [0.2, 0.25) is 0 Å². The molecule has 5 rings (SSSR count). The SMILES string of the molecule is COc1cc2ccc3cccc4c5ccccc5c(c1OC)c2c34. The lowest BCUT2D eigenvalue weighted by molar-refractivity contribution is 0.359. The lowest BCUT2D eigenvalue weighted by Crippen LogP contribution is -1.95. The summed E-state index contributed by atoms with van der Waals surface area (Å²) in [6.07, 6.45) is 0. The maximum Gasteiger partial charge on any atom is 0.169 e. The first-order valence-electron chi connectivity index (χ1n) is 8.03. The van der Waals surface area contributed by atoms with E-state index >= 15 is 0 Å². The molecule has 0 saturated carbocycles. The van der Waals surface area contributed by atoms with Gasteiger partial charge in [-0.3, -0.25) is 0 Å². The fourth-order valence-electron chi connectivity index (χ4n) is 4.00. The van der Waals surface area contributed by atoms with Gasteiger partial charge in [-0.1, -0.05) is 54.6 Å². The van der Waals surface area contributed by atoms with Crippen LogP contribution in [0.3, 0.4) is 0 Å². The third kappa shape index (κ3) is 1.55. The van der Waals surface area contributed by atoms with Gasteiger partial charge in [0, 0.05) is 10.8 Å². The van der Waals surface area contributed by atoms with Crippen molar-refractivity contribution in [3.8, 4) is 11.5 Å². The molecule has 5 aromatic carbocycles. The molecule has 0 heterocycles. The molecule has 0 aliphatic carbocycles. The highest BCUT2D eigenvalue weighted by molar-refractivity contribution is 6.35. The van der Waals surface area contributed by atoms with Crippen molar-refractivity contribution in [2.45, 2.75) is 0 Å². The van der Waals surface area contributed by atoms with Crippen LogP contribution in [0.4, 0.5) is 0 Å². The highest BCUT2D eigenvalue weighted by atomic mass is 16.5. The predicted molar refractivity (Wildman–Crippen MR) is 101 cm³/mol. The van der Waals surface area contributed by atoms with E-state index in [4.69, 9.17) is 9.47 Å². The summed E-state index contributed by atoms with van der Waals surface area (Å²) >= 11 is 0. The van der Waals surface area contributed by atoms with Gasteiger partial charge in [0.1, 0.15) is 0 Å². The van der Waals surface area contributed by atoms with Crippen molar-refractivity contribution in [2.75, 3.05) is 14.2 Å². The maximum atomic E-state index is 5.78. The van der Waals surface area contributed by atoms with Crippen molar-refractivity contribution < 1.29 is 9.47 Å². The molecule has 0 aliphatic heterocycles. The van der Waals surface area contributed by atoms with Crippen LogP contribution in [0.1, 0.15) is 0 Å². The molecule has 0 fully saturated rings. The summed E-state index contributed by atoms with van der Waals surface area (Å²) in [5.74, 6) is 1.58. The van der Waals surface area contributed by atoms with Gasteiger partial charge in [0.05, 0.1) is 14.2 Å². The van der Waals surface area contributed by atoms with Gasteiger partial charge >= 0.3 is 0 Å². The topological polar surface area (TPSA) is 18.5 Å². The van der Waals surface area contributed by atoms with E-state index in [9.17, 15) is 0 Å². The molecule has 5 aromatic rings. The van der Waals surface area contributed by atoms with Gasteiger partial charge in [-0.25, -0.2) is 0 Å². The zero-order valence-corrected chi connectivity index (χ0v) is 13.6.